The van der Waals surface area contributed by atoms with Crippen LogP contribution in [0, 0.1) is 6.92 Å². The van der Waals surface area contributed by atoms with Crippen molar-refractivity contribution in [3.8, 4) is 0 Å². The van der Waals surface area contributed by atoms with E-state index in [-0.39, 0.29) is 24.8 Å². The van der Waals surface area contributed by atoms with Gasteiger partial charge in [-0.2, -0.15) is 0 Å². The first-order valence-corrected chi connectivity index (χ1v) is 4.26. The van der Waals surface area contributed by atoms with Crippen molar-refractivity contribution >= 4 is 24.8 Å². The van der Waals surface area contributed by atoms with Crippen LogP contribution in [0.15, 0.2) is 60.9 Å². The summed E-state index contributed by atoms with van der Waals surface area (Å²) in [7, 11) is 0. The van der Waals surface area contributed by atoms with Gasteiger partial charge in [0.05, 0.1) is 0 Å². The third-order valence-electron chi connectivity index (χ3n) is 1.51. The van der Waals surface area contributed by atoms with Crippen molar-refractivity contribution in [1.82, 2.24) is 4.98 Å². The molecule has 15 heavy (non-hydrogen) atoms. The maximum absolute atomic E-state index is 3.78. The van der Waals surface area contributed by atoms with E-state index in [2.05, 4.69) is 24.0 Å². The van der Waals surface area contributed by atoms with E-state index in [9.17, 15) is 0 Å². The molecule has 2 aromatic rings. The Labute approximate surface area is 103 Å². The minimum atomic E-state index is 0. The molecule has 0 fully saturated rings. The molecule has 0 atom stereocenters. The Kier molecular flexibility index (Phi) is 12.0. The molecule has 0 unspecified atom stereocenters. The van der Waals surface area contributed by atoms with Crippen molar-refractivity contribution < 1.29 is 0 Å². The normalized spacial score (nSPS) is 7.27. The first-order chi connectivity index (χ1) is 6.39. The monoisotopic (exact) mass is 243 g/mol. The van der Waals surface area contributed by atoms with Gasteiger partial charge in [-0.25, -0.2) is 0 Å². The van der Waals surface area contributed by atoms with Crippen LogP contribution < -0.4 is 0 Å². The molecule has 1 aromatic heterocycles. The molecule has 82 valence electrons. The van der Waals surface area contributed by atoms with Crippen LogP contribution in [0.2, 0.25) is 0 Å². The number of pyridine rings is 1. The van der Waals surface area contributed by atoms with Crippen molar-refractivity contribution in [2.24, 2.45) is 0 Å². The van der Waals surface area contributed by atoms with Gasteiger partial charge in [0.2, 0.25) is 0 Å². The lowest BCUT2D eigenvalue weighted by Gasteiger charge is -1.82. The van der Waals surface area contributed by atoms with Crippen molar-refractivity contribution in [3.63, 3.8) is 0 Å². The summed E-state index contributed by atoms with van der Waals surface area (Å²) < 4.78 is 0. The topological polar surface area (TPSA) is 12.9 Å². The lowest BCUT2D eigenvalue weighted by atomic mass is 10.2. The van der Waals surface area contributed by atoms with Gasteiger partial charge >= 0.3 is 0 Å². The third-order valence-corrected chi connectivity index (χ3v) is 1.51. The van der Waals surface area contributed by atoms with Crippen molar-refractivity contribution in [3.05, 3.63) is 66.5 Å². The van der Waals surface area contributed by atoms with Crippen molar-refractivity contribution in [2.75, 3.05) is 0 Å². The molecule has 2 rings (SSSR count). The second-order valence-electron chi connectivity index (χ2n) is 2.68. The van der Waals surface area contributed by atoms with Gasteiger partial charge in [0.15, 0.2) is 0 Å². The largest absolute Gasteiger partial charge is 0.265 e. The van der Waals surface area contributed by atoms with Gasteiger partial charge in [0.1, 0.15) is 0 Å². The zero-order valence-electron chi connectivity index (χ0n) is 8.54. The van der Waals surface area contributed by atoms with Gasteiger partial charge in [-0.15, -0.1) is 24.8 Å². The van der Waals surface area contributed by atoms with E-state index in [0.717, 1.165) is 0 Å². The van der Waals surface area contributed by atoms with E-state index in [1.807, 2.05) is 36.4 Å². The number of hydrogen-bond acceptors (Lipinski definition) is 1. The van der Waals surface area contributed by atoms with Gasteiger partial charge < -0.3 is 0 Å². The van der Waals surface area contributed by atoms with E-state index >= 15 is 0 Å². The quantitative estimate of drug-likeness (QED) is 0.684. The minimum Gasteiger partial charge on any atom is -0.265 e. The Balaban J connectivity index is 0. The fourth-order valence-corrected chi connectivity index (χ4v) is 0.847. The van der Waals surface area contributed by atoms with Crippen LogP contribution in [0.3, 0.4) is 0 Å². The lowest BCUT2D eigenvalue weighted by Crippen LogP contribution is -1.62. The summed E-state index contributed by atoms with van der Waals surface area (Å²) in [6, 6.07) is 16.0. The smallest absolute Gasteiger partial charge is 0.0267 e. The zero-order valence-corrected chi connectivity index (χ0v) is 10.2. The highest BCUT2D eigenvalue weighted by Gasteiger charge is 1.72. The predicted molar refractivity (Wildman–Crippen MR) is 69.9 cm³/mol. The fourth-order valence-electron chi connectivity index (χ4n) is 0.847. The van der Waals surface area contributed by atoms with Crippen LogP contribution >= 0.6 is 24.8 Å². The predicted octanol–water partition coefficient (Wildman–Crippen LogP) is 3.92. The SMILES string of the molecule is Cc1ccccc1.Cl.Cl.c1ccncc1. The molecular formula is C12H15Cl2N. The molecule has 1 nitrogen and oxygen atoms in total. The number of hydrogen-bond donors (Lipinski definition) is 0. The summed E-state index contributed by atoms with van der Waals surface area (Å²) in [4.78, 5) is 3.78. The standard InChI is InChI=1S/C7H8.C5H5N.2ClH/c1-7-5-3-2-4-6-7;1-2-4-6-5-3-1;;/h2-6H,1H3;1-5H;2*1H. The van der Waals surface area contributed by atoms with Crippen molar-refractivity contribution in [2.45, 2.75) is 6.92 Å². The number of benzene rings is 1. The van der Waals surface area contributed by atoms with E-state index in [0.29, 0.717) is 0 Å². The molecular weight excluding hydrogens is 229 g/mol. The summed E-state index contributed by atoms with van der Waals surface area (Å²) in [6.07, 6.45) is 3.50. The number of aryl methyl sites for hydroxylation is 1. The number of halogens is 2. The first-order valence-electron chi connectivity index (χ1n) is 4.26. The molecule has 0 radical (unpaired) electrons. The highest BCUT2D eigenvalue weighted by molar-refractivity contribution is 5.85. The Morgan fingerprint density at radius 3 is 1.40 bits per heavy atom. The summed E-state index contributed by atoms with van der Waals surface area (Å²) in [5.41, 5.74) is 1.32. The molecule has 0 aliphatic heterocycles. The van der Waals surface area contributed by atoms with Gasteiger partial charge in [-0.1, -0.05) is 42.0 Å². The summed E-state index contributed by atoms with van der Waals surface area (Å²) >= 11 is 0. The number of aromatic nitrogens is 1. The third kappa shape index (κ3) is 9.26. The van der Waals surface area contributed by atoms with Crippen LogP contribution in [0.1, 0.15) is 5.56 Å². The van der Waals surface area contributed by atoms with Gasteiger partial charge in [0, 0.05) is 12.4 Å². The second-order valence-corrected chi connectivity index (χ2v) is 2.68. The number of rotatable bonds is 0. The summed E-state index contributed by atoms with van der Waals surface area (Å²) in [5.74, 6) is 0. The first kappa shape index (κ1) is 16.4. The van der Waals surface area contributed by atoms with E-state index in [1.54, 1.807) is 12.4 Å². The molecule has 0 saturated carbocycles. The maximum Gasteiger partial charge on any atom is 0.0267 e. The maximum atomic E-state index is 3.78. The molecule has 1 heterocycles. The molecule has 0 spiro atoms. The van der Waals surface area contributed by atoms with E-state index in [1.165, 1.54) is 5.56 Å². The highest BCUT2D eigenvalue weighted by Crippen LogP contribution is 1.92. The lowest BCUT2D eigenvalue weighted by molar-refractivity contribution is 1.33. The number of nitrogens with zero attached hydrogens (tertiary/aromatic N) is 1. The van der Waals surface area contributed by atoms with Crippen LogP contribution in [-0.4, -0.2) is 4.98 Å². The molecule has 0 aliphatic carbocycles. The minimum absolute atomic E-state index is 0. The Morgan fingerprint density at radius 2 is 1.20 bits per heavy atom. The summed E-state index contributed by atoms with van der Waals surface area (Å²) in [6.45, 7) is 2.08. The molecule has 0 N–H and O–H groups in total. The van der Waals surface area contributed by atoms with Crippen molar-refractivity contribution in [1.29, 1.82) is 0 Å². The van der Waals surface area contributed by atoms with Gasteiger partial charge in [-0.05, 0) is 19.1 Å². The molecule has 0 bridgehead atoms. The highest BCUT2D eigenvalue weighted by atomic mass is 35.5. The zero-order chi connectivity index (χ0) is 9.36. The fraction of sp³-hybridized carbons (Fsp3) is 0.0833. The van der Waals surface area contributed by atoms with Gasteiger partial charge in [0.25, 0.3) is 0 Å². The molecule has 0 saturated heterocycles. The Bertz CT molecular complexity index is 284. The van der Waals surface area contributed by atoms with Crippen LogP contribution in [0.4, 0.5) is 0 Å². The molecule has 0 aliphatic rings. The average molecular weight is 244 g/mol. The van der Waals surface area contributed by atoms with Gasteiger partial charge in [-0.3, -0.25) is 4.98 Å². The Hall–Kier alpha value is -1.05. The Morgan fingerprint density at radius 1 is 0.733 bits per heavy atom. The molecule has 3 heteroatoms. The second kappa shape index (κ2) is 11.0. The van der Waals surface area contributed by atoms with Crippen LogP contribution in [-0.2, 0) is 0 Å². The van der Waals surface area contributed by atoms with E-state index in [4.69, 9.17) is 0 Å². The summed E-state index contributed by atoms with van der Waals surface area (Å²) in [5, 5.41) is 0. The average Bonchev–Trinajstić information content (AvgIpc) is 2.22. The van der Waals surface area contributed by atoms with Crippen LogP contribution in [0.5, 0.6) is 0 Å². The molecule has 0 amide bonds. The molecule has 1 aromatic carbocycles. The van der Waals surface area contributed by atoms with Crippen LogP contribution in [0.25, 0.3) is 0 Å². The van der Waals surface area contributed by atoms with E-state index < -0.39 is 0 Å².